The average Bonchev–Trinajstić information content (AvgIpc) is 3.07. The Morgan fingerprint density at radius 1 is 1.33 bits per heavy atom. The minimum absolute atomic E-state index is 0.0422. The Bertz CT molecular complexity index is 924. The molecule has 0 saturated carbocycles. The van der Waals surface area contributed by atoms with Gasteiger partial charge in [0.05, 0.1) is 35.8 Å². The molecule has 4 rings (SSSR count). The van der Waals surface area contributed by atoms with Crippen molar-refractivity contribution < 1.29 is 9.84 Å². The van der Waals surface area contributed by atoms with Crippen molar-refractivity contribution in [3.05, 3.63) is 42.7 Å². The Balaban J connectivity index is 1.60. The molecule has 1 aliphatic heterocycles. The number of hydrogen-bond donors (Lipinski definition) is 3. The molecule has 3 N–H and O–H groups in total. The molecule has 0 radical (unpaired) electrons. The van der Waals surface area contributed by atoms with Gasteiger partial charge in [-0.15, -0.1) is 0 Å². The van der Waals surface area contributed by atoms with Crippen molar-refractivity contribution in [1.29, 1.82) is 0 Å². The van der Waals surface area contributed by atoms with Crippen molar-refractivity contribution >= 4 is 11.5 Å². The number of nitrogens with one attached hydrogen (secondary N) is 2. The summed E-state index contributed by atoms with van der Waals surface area (Å²) in [6.07, 6.45) is 4.26. The third-order valence-electron chi connectivity index (χ3n) is 4.65. The SMILES string of the molecule is CC(C)Oc1ccn2c(-c3cccc(N[C@H]4CNCC[C@@H]4O)n3)cnc2c1. The predicted molar refractivity (Wildman–Crippen MR) is 105 cm³/mol. The standard InChI is InChI=1S/C20H25N5O2/c1-13(2)27-14-7-9-25-17(12-22-20(25)10-14)15-4-3-5-19(23-15)24-16-11-21-8-6-18(16)26/h3-5,7,9-10,12-13,16,18,21,26H,6,8,11H2,1-2H3,(H,23,24)/t16-,18-/m0/s1. The van der Waals surface area contributed by atoms with E-state index >= 15 is 0 Å². The summed E-state index contributed by atoms with van der Waals surface area (Å²) in [5.74, 6) is 1.55. The monoisotopic (exact) mass is 367 g/mol. The number of aliphatic hydroxyl groups is 1. The van der Waals surface area contributed by atoms with Gasteiger partial charge in [0.1, 0.15) is 17.2 Å². The maximum absolute atomic E-state index is 10.2. The molecule has 3 aromatic heterocycles. The highest BCUT2D eigenvalue weighted by molar-refractivity contribution is 5.62. The number of nitrogens with zero attached hydrogens (tertiary/aromatic N) is 3. The zero-order valence-corrected chi connectivity index (χ0v) is 15.6. The lowest BCUT2D eigenvalue weighted by Gasteiger charge is -2.29. The van der Waals surface area contributed by atoms with E-state index in [0.29, 0.717) is 0 Å². The summed E-state index contributed by atoms with van der Waals surface area (Å²) >= 11 is 0. The van der Waals surface area contributed by atoms with Gasteiger partial charge in [-0.1, -0.05) is 6.07 Å². The lowest BCUT2D eigenvalue weighted by Crippen LogP contribution is -2.48. The lowest BCUT2D eigenvalue weighted by atomic mass is 10.0. The molecule has 1 aliphatic rings. The summed E-state index contributed by atoms with van der Waals surface area (Å²) in [4.78, 5) is 9.22. The molecule has 1 saturated heterocycles. The van der Waals surface area contributed by atoms with Crippen molar-refractivity contribution in [2.24, 2.45) is 0 Å². The fourth-order valence-corrected chi connectivity index (χ4v) is 3.34. The fourth-order valence-electron chi connectivity index (χ4n) is 3.34. The molecule has 0 bridgehead atoms. The van der Waals surface area contributed by atoms with E-state index < -0.39 is 0 Å². The Morgan fingerprint density at radius 2 is 2.22 bits per heavy atom. The number of aliphatic hydroxyl groups excluding tert-OH is 1. The molecule has 27 heavy (non-hydrogen) atoms. The van der Waals surface area contributed by atoms with Gasteiger partial charge in [0.15, 0.2) is 0 Å². The van der Waals surface area contributed by atoms with E-state index in [9.17, 15) is 5.11 Å². The van der Waals surface area contributed by atoms with Gasteiger partial charge in [-0.2, -0.15) is 0 Å². The zero-order valence-electron chi connectivity index (χ0n) is 15.6. The summed E-state index contributed by atoms with van der Waals surface area (Å²) < 4.78 is 7.74. The van der Waals surface area contributed by atoms with Crippen LogP contribution in [0.3, 0.4) is 0 Å². The van der Waals surface area contributed by atoms with Crippen LogP contribution in [0.1, 0.15) is 20.3 Å². The Morgan fingerprint density at radius 3 is 3.04 bits per heavy atom. The van der Waals surface area contributed by atoms with Gasteiger partial charge >= 0.3 is 0 Å². The maximum atomic E-state index is 10.2. The van der Waals surface area contributed by atoms with Crippen LogP contribution in [0.2, 0.25) is 0 Å². The number of imidazole rings is 1. The molecule has 0 aliphatic carbocycles. The van der Waals surface area contributed by atoms with E-state index in [0.717, 1.165) is 48.1 Å². The number of aromatic nitrogens is 3. The minimum Gasteiger partial charge on any atom is -0.491 e. The van der Waals surface area contributed by atoms with Crippen LogP contribution in [-0.2, 0) is 0 Å². The van der Waals surface area contributed by atoms with Crippen LogP contribution < -0.4 is 15.4 Å². The molecule has 0 spiro atoms. The van der Waals surface area contributed by atoms with Crippen molar-refractivity contribution in [1.82, 2.24) is 19.7 Å². The molecule has 0 amide bonds. The van der Waals surface area contributed by atoms with Crippen molar-refractivity contribution in [3.8, 4) is 17.1 Å². The first-order valence-electron chi connectivity index (χ1n) is 9.36. The predicted octanol–water partition coefficient (Wildman–Crippen LogP) is 2.32. The van der Waals surface area contributed by atoms with Gasteiger partial charge in [-0.25, -0.2) is 9.97 Å². The number of rotatable bonds is 5. The molecule has 3 aromatic rings. The van der Waals surface area contributed by atoms with E-state index in [1.807, 2.05) is 61.0 Å². The van der Waals surface area contributed by atoms with Gasteiger partial charge in [0.2, 0.25) is 0 Å². The van der Waals surface area contributed by atoms with Gasteiger partial charge in [-0.05, 0) is 45.0 Å². The molecule has 7 nitrogen and oxygen atoms in total. The Hall–Kier alpha value is -2.64. The zero-order chi connectivity index (χ0) is 18.8. The van der Waals surface area contributed by atoms with Gasteiger partial charge in [0.25, 0.3) is 0 Å². The first-order valence-corrected chi connectivity index (χ1v) is 9.36. The largest absolute Gasteiger partial charge is 0.491 e. The molecule has 0 unspecified atom stereocenters. The molecular weight excluding hydrogens is 342 g/mol. The van der Waals surface area contributed by atoms with Crippen LogP contribution in [-0.4, -0.2) is 50.8 Å². The Kier molecular flexibility index (Phi) is 4.96. The number of ether oxygens (including phenoxy) is 1. The van der Waals surface area contributed by atoms with Crippen LogP contribution in [0, 0.1) is 0 Å². The number of hydrogen-bond acceptors (Lipinski definition) is 6. The third-order valence-corrected chi connectivity index (χ3v) is 4.65. The van der Waals surface area contributed by atoms with E-state index in [1.54, 1.807) is 0 Å². The molecule has 0 aromatic carbocycles. The quantitative estimate of drug-likeness (QED) is 0.642. The summed E-state index contributed by atoms with van der Waals surface area (Å²) in [5, 5.41) is 16.8. The first kappa shape index (κ1) is 17.8. The van der Waals surface area contributed by atoms with Crippen molar-refractivity contribution in [3.63, 3.8) is 0 Å². The molecule has 142 valence electrons. The highest BCUT2D eigenvalue weighted by Gasteiger charge is 2.23. The van der Waals surface area contributed by atoms with Crippen LogP contribution in [0.15, 0.2) is 42.7 Å². The Labute approximate surface area is 158 Å². The van der Waals surface area contributed by atoms with Crippen LogP contribution in [0.5, 0.6) is 5.75 Å². The summed E-state index contributed by atoms with van der Waals surface area (Å²) in [6.45, 7) is 5.57. The van der Waals surface area contributed by atoms with Crippen LogP contribution in [0.25, 0.3) is 17.0 Å². The topological polar surface area (TPSA) is 83.7 Å². The normalized spacial score (nSPS) is 20.1. The van der Waals surface area contributed by atoms with Crippen molar-refractivity contribution in [2.75, 3.05) is 18.4 Å². The summed E-state index contributed by atoms with van der Waals surface area (Å²) in [7, 11) is 0. The average molecular weight is 367 g/mol. The second-order valence-electron chi connectivity index (χ2n) is 7.12. The molecular formula is C20H25N5O2. The fraction of sp³-hybridized carbons (Fsp3) is 0.400. The van der Waals surface area contributed by atoms with Crippen LogP contribution >= 0.6 is 0 Å². The number of pyridine rings is 2. The minimum atomic E-state index is -0.369. The lowest BCUT2D eigenvalue weighted by molar-refractivity contribution is 0.124. The second kappa shape index (κ2) is 7.54. The molecule has 7 heteroatoms. The van der Waals surface area contributed by atoms with Gasteiger partial charge in [-0.3, -0.25) is 4.40 Å². The van der Waals surface area contributed by atoms with E-state index in [-0.39, 0.29) is 18.2 Å². The van der Waals surface area contributed by atoms with E-state index in [2.05, 4.69) is 15.6 Å². The molecule has 4 heterocycles. The van der Waals surface area contributed by atoms with E-state index in [4.69, 9.17) is 9.72 Å². The highest BCUT2D eigenvalue weighted by Crippen LogP contribution is 2.24. The molecule has 2 atom stereocenters. The summed E-state index contributed by atoms with van der Waals surface area (Å²) in [6, 6.07) is 9.66. The van der Waals surface area contributed by atoms with Crippen molar-refractivity contribution in [2.45, 2.75) is 38.5 Å². The number of piperidine rings is 1. The smallest absolute Gasteiger partial charge is 0.140 e. The van der Waals surface area contributed by atoms with Gasteiger partial charge < -0.3 is 20.5 Å². The molecule has 1 fully saturated rings. The van der Waals surface area contributed by atoms with Crippen LogP contribution in [0.4, 0.5) is 5.82 Å². The third kappa shape index (κ3) is 3.89. The summed E-state index contributed by atoms with van der Waals surface area (Å²) in [5.41, 5.74) is 2.55. The highest BCUT2D eigenvalue weighted by atomic mass is 16.5. The maximum Gasteiger partial charge on any atom is 0.140 e. The first-order chi connectivity index (χ1) is 13.1. The van der Waals surface area contributed by atoms with E-state index in [1.165, 1.54) is 0 Å². The second-order valence-corrected chi connectivity index (χ2v) is 7.12. The number of anilines is 1. The van der Waals surface area contributed by atoms with Gasteiger partial charge in [0, 0.05) is 18.8 Å². The number of fused-ring (bicyclic) bond motifs is 1.